The van der Waals surface area contributed by atoms with Crippen LogP contribution in [0.5, 0.6) is 0 Å². The van der Waals surface area contributed by atoms with Gasteiger partial charge < -0.3 is 5.11 Å². The van der Waals surface area contributed by atoms with E-state index in [1.807, 2.05) is 0 Å². The van der Waals surface area contributed by atoms with E-state index in [-0.39, 0.29) is 6.10 Å². The van der Waals surface area contributed by atoms with Gasteiger partial charge in [0.2, 0.25) is 0 Å². The van der Waals surface area contributed by atoms with Crippen molar-refractivity contribution < 1.29 is 5.11 Å². The van der Waals surface area contributed by atoms with Crippen LogP contribution in [-0.4, -0.2) is 40.6 Å². The van der Waals surface area contributed by atoms with Gasteiger partial charge in [-0.25, -0.2) is 0 Å². The molecule has 2 nitrogen and oxygen atoms in total. The van der Waals surface area contributed by atoms with Crippen molar-refractivity contribution >= 4 is 11.6 Å². The Morgan fingerprint density at radius 2 is 1.92 bits per heavy atom. The fraction of sp³-hybridized carbons (Fsp3) is 1.00. The Labute approximate surface area is 85.9 Å². The van der Waals surface area contributed by atoms with Crippen molar-refractivity contribution in [2.45, 2.75) is 51.3 Å². The molecule has 1 aliphatic rings. The molecule has 0 aromatic rings. The molecule has 0 aliphatic carbocycles. The topological polar surface area (TPSA) is 23.5 Å². The fourth-order valence-electron chi connectivity index (χ4n) is 2.13. The van der Waals surface area contributed by atoms with E-state index < -0.39 is 0 Å². The summed E-state index contributed by atoms with van der Waals surface area (Å²) in [4.78, 5) is 2.37. The van der Waals surface area contributed by atoms with Crippen molar-refractivity contribution in [1.29, 1.82) is 0 Å². The van der Waals surface area contributed by atoms with Crippen LogP contribution in [0.1, 0.15) is 33.1 Å². The standard InChI is InChI=1S/C10H20ClNO/c1-8-4-3-5-9(2)12(8)7-10(13)6-11/h8-10,13H,3-7H2,1-2H3/t8-,9-,10+/m1/s1. The van der Waals surface area contributed by atoms with Crippen molar-refractivity contribution in [1.82, 2.24) is 4.90 Å². The number of piperidine rings is 1. The Bertz CT molecular complexity index is 144. The minimum Gasteiger partial charge on any atom is -0.391 e. The summed E-state index contributed by atoms with van der Waals surface area (Å²) in [5, 5.41) is 9.47. The molecule has 3 heteroatoms. The van der Waals surface area contributed by atoms with Crippen molar-refractivity contribution in [2.75, 3.05) is 12.4 Å². The molecule has 0 radical (unpaired) electrons. The second-order valence-corrected chi connectivity index (χ2v) is 4.44. The van der Waals surface area contributed by atoms with E-state index in [1.54, 1.807) is 0 Å². The SMILES string of the molecule is C[C@@H]1CCC[C@@H](C)N1C[C@@H](O)CCl. The van der Waals surface area contributed by atoms with Crippen LogP contribution in [0.3, 0.4) is 0 Å². The van der Waals surface area contributed by atoms with Crippen molar-refractivity contribution in [2.24, 2.45) is 0 Å². The zero-order valence-electron chi connectivity index (χ0n) is 8.54. The van der Waals surface area contributed by atoms with Gasteiger partial charge in [-0.05, 0) is 26.7 Å². The second-order valence-electron chi connectivity index (χ2n) is 4.13. The van der Waals surface area contributed by atoms with Gasteiger partial charge in [0.1, 0.15) is 0 Å². The predicted octanol–water partition coefficient (Wildman–Crippen LogP) is 1.85. The molecule has 1 N–H and O–H groups in total. The highest BCUT2D eigenvalue weighted by Gasteiger charge is 2.25. The molecule has 1 fully saturated rings. The van der Waals surface area contributed by atoms with E-state index in [2.05, 4.69) is 18.7 Å². The summed E-state index contributed by atoms with van der Waals surface area (Å²) in [5.74, 6) is 0.343. The van der Waals surface area contributed by atoms with Gasteiger partial charge in [0.15, 0.2) is 0 Å². The van der Waals surface area contributed by atoms with Gasteiger partial charge in [-0.2, -0.15) is 0 Å². The minimum atomic E-state index is -0.371. The van der Waals surface area contributed by atoms with Crippen LogP contribution in [0.25, 0.3) is 0 Å². The van der Waals surface area contributed by atoms with Gasteiger partial charge in [0.25, 0.3) is 0 Å². The number of hydrogen-bond acceptors (Lipinski definition) is 2. The lowest BCUT2D eigenvalue weighted by atomic mass is 9.97. The average molecular weight is 206 g/mol. The molecule has 0 aromatic carbocycles. The number of aliphatic hydroxyl groups excluding tert-OH is 1. The van der Waals surface area contributed by atoms with E-state index >= 15 is 0 Å². The monoisotopic (exact) mass is 205 g/mol. The Morgan fingerprint density at radius 3 is 2.38 bits per heavy atom. The van der Waals surface area contributed by atoms with Crippen LogP contribution in [0, 0.1) is 0 Å². The van der Waals surface area contributed by atoms with Gasteiger partial charge in [-0.1, -0.05) is 6.42 Å². The first-order valence-corrected chi connectivity index (χ1v) is 5.68. The molecule has 13 heavy (non-hydrogen) atoms. The molecule has 1 heterocycles. The van der Waals surface area contributed by atoms with Crippen LogP contribution in [0.15, 0.2) is 0 Å². The lowest BCUT2D eigenvalue weighted by Crippen LogP contribution is -2.47. The van der Waals surface area contributed by atoms with Crippen molar-refractivity contribution in [3.63, 3.8) is 0 Å². The number of hydrogen-bond donors (Lipinski definition) is 1. The Kier molecular flexibility index (Phi) is 4.50. The molecule has 0 unspecified atom stereocenters. The maximum absolute atomic E-state index is 9.47. The molecule has 1 rings (SSSR count). The molecule has 3 atom stereocenters. The third kappa shape index (κ3) is 3.12. The molecule has 0 aromatic heterocycles. The quantitative estimate of drug-likeness (QED) is 0.711. The molecular weight excluding hydrogens is 186 g/mol. The first-order valence-electron chi connectivity index (χ1n) is 5.15. The van der Waals surface area contributed by atoms with Gasteiger partial charge in [0.05, 0.1) is 6.10 Å². The fourth-order valence-corrected chi connectivity index (χ4v) is 2.22. The van der Waals surface area contributed by atoms with Gasteiger partial charge in [-0.15, -0.1) is 11.6 Å². The maximum Gasteiger partial charge on any atom is 0.0802 e. The first kappa shape index (κ1) is 11.3. The number of likely N-dealkylation sites (tertiary alicyclic amines) is 1. The highest BCUT2D eigenvalue weighted by atomic mass is 35.5. The molecule has 1 aliphatic heterocycles. The zero-order chi connectivity index (χ0) is 9.84. The summed E-state index contributed by atoms with van der Waals surface area (Å²) in [5.41, 5.74) is 0. The van der Waals surface area contributed by atoms with Crippen LogP contribution in [0.4, 0.5) is 0 Å². The lowest BCUT2D eigenvalue weighted by molar-refractivity contribution is 0.0502. The largest absolute Gasteiger partial charge is 0.391 e. The molecule has 0 spiro atoms. The van der Waals surface area contributed by atoms with Crippen molar-refractivity contribution in [3.8, 4) is 0 Å². The minimum absolute atomic E-state index is 0.343. The summed E-state index contributed by atoms with van der Waals surface area (Å²) in [6.07, 6.45) is 3.44. The van der Waals surface area contributed by atoms with Gasteiger partial charge in [0, 0.05) is 24.5 Å². The van der Waals surface area contributed by atoms with E-state index in [1.165, 1.54) is 19.3 Å². The van der Waals surface area contributed by atoms with E-state index in [0.29, 0.717) is 18.0 Å². The molecule has 0 bridgehead atoms. The van der Waals surface area contributed by atoms with Crippen LogP contribution in [0.2, 0.25) is 0 Å². The highest BCUT2D eigenvalue weighted by molar-refractivity contribution is 6.18. The van der Waals surface area contributed by atoms with E-state index in [4.69, 9.17) is 11.6 Å². The molecule has 0 saturated carbocycles. The van der Waals surface area contributed by atoms with E-state index in [9.17, 15) is 5.11 Å². The maximum atomic E-state index is 9.47. The smallest absolute Gasteiger partial charge is 0.0802 e. The first-order chi connectivity index (χ1) is 6.15. The Morgan fingerprint density at radius 1 is 1.38 bits per heavy atom. The van der Waals surface area contributed by atoms with Crippen molar-refractivity contribution in [3.05, 3.63) is 0 Å². The molecular formula is C10H20ClNO. The third-order valence-electron chi connectivity index (χ3n) is 2.98. The zero-order valence-corrected chi connectivity index (χ0v) is 9.30. The average Bonchev–Trinajstić information content (AvgIpc) is 2.11. The number of alkyl halides is 1. The molecule has 1 saturated heterocycles. The lowest BCUT2D eigenvalue weighted by Gasteiger charge is -2.39. The number of rotatable bonds is 3. The summed E-state index contributed by atoms with van der Waals surface area (Å²) in [7, 11) is 0. The summed E-state index contributed by atoms with van der Waals surface area (Å²) in [6.45, 7) is 5.19. The highest BCUT2D eigenvalue weighted by Crippen LogP contribution is 2.22. The third-order valence-corrected chi connectivity index (χ3v) is 3.33. The van der Waals surface area contributed by atoms with Gasteiger partial charge >= 0.3 is 0 Å². The summed E-state index contributed by atoms with van der Waals surface area (Å²) < 4.78 is 0. The normalized spacial score (nSPS) is 33.2. The second kappa shape index (κ2) is 5.18. The summed E-state index contributed by atoms with van der Waals surface area (Å²) >= 11 is 5.59. The van der Waals surface area contributed by atoms with Crippen LogP contribution < -0.4 is 0 Å². The summed E-state index contributed by atoms with van der Waals surface area (Å²) in [6, 6.07) is 1.20. The Balaban J connectivity index is 2.43. The molecule has 0 amide bonds. The van der Waals surface area contributed by atoms with Crippen LogP contribution in [-0.2, 0) is 0 Å². The number of halogens is 1. The predicted molar refractivity (Wildman–Crippen MR) is 56.2 cm³/mol. The molecule has 78 valence electrons. The number of nitrogens with zero attached hydrogens (tertiary/aromatic N) is 1. The van der Waals surface area contributed by atoms with Crippen LogP contribution >= 0.6 is 11.6 Å². The number of aliphatic hydroxyl groups is 1. The number of β-amino-alcohol motifs (C(OH)–C–C–N with tert-alkyl or cyclic N) is 1. The van der Waals surface area contributed by atoms with E-state index in [0.717, 1.165) is 6.54 Å². The van der Waals surface area contributed by atoms with Gasteiger partial charge in [-0.3, -0.25) is 4.90 Å². The Hall–Kier alpha value is 0.210.